The molecule has 4 aliphatic rings. The normalized spacial score (nSPS) is 33.4. The fraction of sp³-hybridized carbons (Fsp3) is 0.560. The average molecular weight is 347 g/mol. The first-order chi connectivity index (χ1) is 12.6. The molecule has 1 aromatic rings. The lowest BCUT2D eigenvalue weighted by atomic mass is 9.56. The van der Waals surface area contributed by atoms with E-state index in [4.69, 9.17) is 0 Å². The molecule has 2 fully saturated rings. The van der Waals surface area contributed by atoms with Gasteiger partial charge in [0.1, 0.15) is 0 Å². The average Bonchev–Trinajstić information content (AvgIpc) is 3.07. The highest BCUT2D eigenvalue weighted by molar-refractivity contribution is 5.93. The largest absolute Gasteiger partial charge is 0.295 e. The van der Waals surface area contributed by atoms with Crippen LogP contribution >= 0.6 is 0 Å². The highest BCUT2D eigenvalue weighted by atomic mass is 16.1. The maximum absolute atomic E-state index is 11.8. The molecule has 0 N–H and O–H groups in total. The molecule has 1 heteroatoms. The van der Waals surface area contributed by atoms with E-state index in [0.29, 0.717) is 11.2 Å². The summed E-state index contributed by atoms with van der Waals surface area (Å²) in [4.78, 5) is 11.8. The second-order valence-corrected chi connectivity index (χ2v) is 9.31. The number of allylic oxidation sites excluding steroid dienone is 4. The summed E-state index contributed by atoms with van der Waals surface area (Å²) in [6, 6.07) is 9.29. The van der Waals surface area contributed by atoms with Crippen molar-refractivity contribution in [3.8, 4) is 0 Å². The van der Waals surface area contributed by atoms with Crippen LogP contribution in [0, 0.1) is 24.2 Å². The predicted octanol–water partition coefficient (Wildman–Crippen LogP) is 6.11. The van der Waals surface area contributed by atoms with E-state index >= 15 is 0 Å². The molecule has 0 bridgehead atoms. The number of ketones is 1. The molecule has 26 heavy (non-hydrogen) atoms. The zero-order valence-electron chi connectivity index (χ0n) is 16.0. The molecule has 3 atom stereocenters. The molecular weight excluding hydrogens is 316 g/mol. The van der Waals surface area contributed by atoms with Gasteiger partial charge in [-0.2, -0.15) is 0 Å². The van der Waals surface area contributed by atoms with Crippen LogP contribution < -0.4 is 0 Å². The third kappa shape index (κ3) is 2.63. The Bertz CT molecular complexity index is 794. The second-order valence-electron chi connectivity index (χ2n) is 9.31. The molecule has 4 aliphatic carbocycles. The summed E-state index contributed by atoms with van der Waals surface area (Å²) >= 11 is 0. The predicted molar refractivity (Wildman–Crippen MR) is 106 cm³/mol. The molecule has 1 aromatic carbocycles. The van der Waals surface area contributed by atoms with E-state index < -0.39 is 0 Å². The summed E-state index contributed by atoms with van der Waals surface area (Å²) in [6.07, 6.45) is 14.4. The first-order valence-electron chi connectivity index (χ1n) is 10.7. The van der Waals surface area contributed by atoms with Crippen LogP contribution in [0.2, 0.25) is 0 Å². The zero-order chi connectivity index (χ0) is 17.7. The van der Waals surface area contributed by atoms with Gasteiger partial charge < -0.3 is 0 Å². The van der Waals surface area contributed by atoms with Gasteiger partial charge in [0.15, 0.2) is 5.78 Å². The molecule has 1 nitrogen and oxygen atoms in total. The summed E-state index contributed by atoms with van der Waals surface area (Å²) in [6.45, 7) is 2.18. The van der Waals surface area contributed by atoms with Crippen molar-refractivity contribution in [2.75, 3.05) is 0 Å². The van der Waals surface area contributed by atoms with Gasteiger partial charge in [-0.3, -0.25) is 4.79 Å². The molecule has 0 aromatic heterocycles. The molecule has 0 spiro atoms. The Kier molecular flexibility index (Phi) is 3.95. The van der Waals surface area contributed by atoms with Crippen LogP contribution in [0.25, 0.3) is 0 Å². The van der Waals surface area contributed by atoms with Gasteiger partial charge in [-0.25, -0.2) is 0 Å². The van der Waals surface area contributed by atoms with Crippen molar-refractivity contribution in [1.82, 2.24) is 0 Å². The minimum absolute atomic E-state index is 0.355. The van der Waals surface area contributed by atoms with E-state index in [0.717, 1.165) is 31.1 Å². The van der Waals surface area contributed by atoms with Gasteiger partial charge in [0.25, 0.3) is 0 Å². The van der Waals surface area contributed by atoms with Crippen LogP contribution in [0.4, 0.5) is 0 Å². The standard InChI is InChI=1S/C25H30O/c1-17-4-6-18(7-5-17)16-25-13-2-3-24(25)23-10-8-19-15-20(26)9-11-21(19)22(23)12-14-25/h4-7,15,23-24H,2-3,8-14,16H2,1H3/t23-,24+,25+/m1/s1. The van der Waals surface area contributed by atoms with Crippen LogP contribution in [-0.4, -0.2) is 5.78 Å². The lowest BCUT2D eigenvalue weighted by Gasteiger charge is -2.49. The van der Waals surface area contributed by atoms with Crippen LogP contribution in [0.5, 0.6) is 0 Å². The second kappa shape index (κ2) is 6.22. The first-order valence-corrected chi connectivity index (χ1v) is 10.7. The number of rotatable bonds is 2. The Morgan fingerprint density at radius 3 is 2.69 bits per heavy atom. The quantitative estimate of drug-likeness (QED) is 0.631. The summed E-state index contributed by atoms with van der Waals surface area (Å²) < 4.78 is 0. The number of fused-ring (bicyclic) bond motifs is 4. The fourth-order valence-corrected chi connectivity index (χ4v) is 6.75. The van der Waals surface area contributed by atoms with Gasteiger partial charge in [-0.05, 0) is 98.3 Å². The summed E-state index contributed by atoms with van der Waals surface area (Å²) in [5.74, 6) is 2.03. The van der Waals surface area contributed by atoms with E-state index in [1.54, 1.807) is 16.7 Å². The molecule has 136 valence electrons. The fourth-order valence-electron chi connectivity index (χ4n) is 6.75. The van der Waals surface area contributed by atoms with Gasteiger partial charge in [0, 0.05) is 6.42 Å². The first kappa shape index (κ1) is 16.5. The van der Waals surface area contributed by atoms with Gasteiger partial charge in [0.2, 0.25) is 0 Å². The molecule has 5 rings (SSSR count). The number of hydrogen-bond acceptors (Lipinski definition) is 1. The van der Waals surface area contributed by atoms with Gasteiger partial charge in [-0.1, -0.05) is 41.8 Å². The molecule has 0 aliphatic heterocycles. The van der Waals surface area contributed by atoms with Crippen LogP contribution in [0.1, 0.15) is 68.9 Å². The lowest BCUT2D eigenvalue weighted by molar-refractivity contribution is -0.114. The Labute approximate surface area is 157 Å². The summed E-state index contributed by atoms with van der Waals surface area (Å²) in [5.41, 5.74) is 8.21. The maximum atomic E-state index is 11.8. The molecule has 0 heterocycles. The minimum atomic E-state index is 0.355. The van der Waals surface area contributed by atoms with Crippen molar-refractivity contribution in [1.29, 1.82) is 0 Å². The van der Waals surface area contributed by atoms with Crippen molar-refractivity contribution in [3.05, 3.63) is 58.2 Å². The van der Waals surface area contributed by atoms with Crippen molar-refractivity contribution >= 4 is 5.78 Å². The Balaban J connectivity index is 1.47. The van der Waals surface area contributed by atoms with E-state index in [1.165, 1.54) is 56.1 Å². The maximum Gasteiger partial charge on any atom is 0.156 e. The molecule has 2 saturated carbocycles. The molecule has 0 radical (unpaired) electrons. The van der Waals surface area contributed by atoms with Crippen molar-refractivity contribution in [2.45, 2.75) is 71.1 Å². The SMILES string of the molecule is Cc1ccc(C[C@@]23CCC[C@H]2[C@@H]2CCC4=CC(=O)CCC4=C2CC3)cc1. The lowest BCUT2D eigenvalue weighted by Crippen LogP contribution is -2.40. The van der Waals surface area contributed by atoms with Crippen LogP contribution in [0.15, 0.2) is 47.1 Å². The third-order valence-electron chi connectivity index (χ3n) is 7.94. The van der Waals surface area contributed by atoms with Gasteiger partial charge in [0.05, 0.1) is 0 Å². The Morgan fingerprint density at radius 2 is 1.85 bits per heavy atom. The number of aryl methyl sites for hydroxylation is 1. The summed E-state index contributed by atoms with van der Waals surface area (Å²) in [5, 5.41) is 0. The van der Waals surface area contributed by atoms with Crippen LogP contribution in [0.3, 0.4) is 0 Å². The summed E-state index contributed by atoms with van der Waals surface area (Å²) in [7, 11) is 0. The zero-order valence-corrected chi connectivity index (χ0v) is 16.0. The number of hydrogen-bond donors (Lipinski definition) is 0. The van der Waals surface area contributed by atoms with E-state index in [1.807, 2.05) is 6.08 Å². The number of carbonyl (C=O) groups is 1. The molecule has 0 saturated heterocycles. The van der Waals surface area contributed by atoms with Gasteiger partial charge >= 0.3 is 0 Å². The van der Waals surface area contributed by atoms with Crippen LogP contribution in [-0.2, 0) is 11.2 Å². The molecule has 0 amide bonds. The Morgan fingerprint density at radius 1 is 1.00 bits per heavy atom. The number of benzene rings is 1. The Hall–Kier alpha value is -1.63. The van der Waals surface area contributed by atoms with E-state index in [2.05, 4.69) is 31.2 Å². The molecule has 0 unspecified atom stereocenters. The third-order valence-corrected chi connectivity index (χ3v) is 7.94. The smallest absolute Gasteiger partial charge is 0.156 e. The minimum Gasteiger partial charge on any atom is -0.295 e. The van der Waals surface area contributed by atoms with Crippen molar-refractivity contribution in [3.63, 3.8) is 0 Å². The monoisotopic (exact) mass is 346 g/mol. The number of carbonyl (C=O) groups excluding carboxylic acids is 1. The highest BCUT2D eigenvalue weighted by Gasteiger charge is 2.51. The topological polar surface area (TPSA) is 17.1 Å². The van der Waals surface area contributed by atoms with Crippen molar-refractivity contribution < 1.29 is 4.79 Å². The van der Waals surface area contributed by atoms with Crippen molar-refractivity contribution in [2.24, 2.45) is 17.3 Å². The van der Waals surface area contributed by atoms with Gasteiger partial charge in [-0.15, -0.1) is 0 Å². The molecular formula is C25H30O. The van der Waals surface area contributed by atoms with E-state index in [-0.39, 0.29) is 0 Å². The van der Waals surface area contributed by atoms with E-state index in [9.17, 15) is 4.79 Å². The highest BCUT2D eigenvalue weighted by Crippen LogP contribution is 2.61.